The summed E-state index contributed by atoms with van der Waals surface area (Å²) in [5.74, 6) is -0.262. The van der Waals surface area contributed by atoms with Gasteiger partial charge >= 0.3 is 0 Å². The number of amides is 1. The Hall–Kier alpha value is -2.67. The minimum atomic E-state index is -0.481. The standard InChI is InChI=1S/C19H18FN3O2S/c1-11-7-12(2)9-14(8-11)18-22-23-19(25-18)26-13(3)17(24)21-16-6-4-5-15(20)10-16/h4-10,13H,1-3H3,(H,21,24)/t13-/m0/s1. The number of hydrogen-bond acceptors (Lipinski definition) is 5. The van der Waals surface area contributed by atoms with Crippen LogP contribution in [0.5, 0.6) is 0 Å². The molecular formula is C19H18FN3O2S. The van der Waals surface area contributed by atoms with Gasteiger partial charge in [-0.1, -0.05) is 35.0 Å². The van der Waals surface area contributed by atoms with Crippen LogP contribution in [0.4, 0.5) is 10.1 Å². The van der Waals surface area contributed by atoms with Crippen LogP contribution in [0.2, 0.25) is 0 Å². The molecule has 3 rings (SSSR count). The molecule has 0 aliphatic heterocycles. The molecular weight excluding hydrogens is 353 g/mol. The van der Waals surface area contributed by atoms with Crippen molar-refractivity contribution < 1.29 is 13.6 Å². The Bertz CT molecular complexity index is 922. The molecule has 0 fully saturated rings. The molecule has 7 heteroatoms. The van der Waals surface area contributed by atoms with Crippen LogP contribution < -0.4 is 5.32 Å². The van der Waals surface area contributed by atoms with Crippen molar-refractivity contribution in [3.8, 4) is 11.5 Å². The monoisotopic (exact) mass is 371 g/mol. The van der Waals surface area contributed by atoms with Crippen molar-refractivity contribution in [1.82, 2.24) is 10.2 Å². The number of nitrogens with zero attached hydrogens (tertiary/aromatic N) is 2. The van der Waals surface area contributed by atoms with Gasteiger partial charge in [0, 0.05) is 11.3 Å². The summed E-state index contributed by atoms with van der Waals surface area (Å²) in [6.45, 7) is 5.72. The van der Waals surface area contributed by atoms with Gasteiger partial charge in [-0.05, 0) is 51.1 Å². The van der Waals surface area contributed by atoms with Crippen LogP contribution in [0.15, 0.2) is 52.1 Å². The van der Waals surface area contributed by atoms with Gasteiger partial charge in [0.25, 0.3) is 5.22 Å². The number of halogens is 1. The summed E-state index contributed by atoms with van der Waals surface area (Å²) in [7, 11) is 0. The van der Waals surface area contributed by atoms with Crippen molar-refractivity contribution in [2.45, 2.75) is 31.2 Å². The smallest absolute Gasteiger partial charge is 0.277 e. The zero-order valence-corrected chi connectivity index (χ0v) is 15.4. The largest absolute Gasteiger partial charge is 0.411 e. The van der Waals surface area contributed by atoms with Crippen LogP contribution in [0, 0.1) is 19.7 Å². The molecule has 0 spiro atoms. The minimum Gasteiger partial charge on any atom is -0.411 e. The summed E-state index contributed by atoms with van der Waals surface area (Å²) in [6.07, 6.45) is 0. The molecule has 0 aliphatic carbocycles. The molecule has 0 saturated heterocycles. The van der Waals surface area contributed by atoms with Crippen LogP contribution in [0.25, 0.3) is 11.5 Å². The molecule has 0 radical (unpaired) electrons. The van der Waals surface area contributed by atoms with Crippen LogP contribution in [0.1, 0.15) is 18.1 Å². The van der Waals surface area contributed by atoms with Crippen LogP contribution in [-0.4, -0.2) is 21.4 Å². The van der Waals surface area contributed by atoms with Crippen molar-refractivity contribution >= 4 is 23.4 Å². The average molecular weight is 371 g/mol. The second-order valence-electron chi connectivity index (χ2n) is 6.01. The zero-order valence-electron chi connectivity index (χ0n) is 14.6. The topological polar surface area (TPSA) is 68.0 Å². The first kappa shape index (κ1) is 18.1. The van der Waals surface area contributed by atoms with E-state index in [1.165, 1.54) is 18.2 Å². The number of carbonyl (C=O) groups is 1. The number of nitrogens with one attached hydrogen (secondary N) is 1. The summed E-state index contributed by atoms with van der Waals surface area (Å²) >= 11 is 1.15. The number of rotatable bonds is 5. The van der Waals surface area contributed by atoms with E-state index in [1.807, 2.05) is 26.0 Å². The fourth-order valence-electron chi connectivity index (χ4n) is 2.49. The van der Waals surface area contributed by atoms with Gasteiger partial charge in [-0.2, -0.15) is 0 Å². The third kappa shape index (κ3) is 4.49. The third-order valence-corrected chi connectivity index (χ3v) is 4.55. The molecule has 2 aromatic carbocycles. The molecule has 1 heterocycles. The number of aryl methyl sites for hydroxylation is 2. The van der Waals surface area contributed by atoms with Crippen molar-refractivity contribution in [3.63, 3.8) is 0 Å². The molecule has 5 nitrogen and oxygen atoms in total. The highest BCUT2D eigenvalue weighted by atomic mass is 32.2. The van der Waals surface area contributed by atoms with Crippen molar-refractivity contribution in [1.29, 1.82) is 0 Å². The van der Waals surface area contributed by atoms with Gasteiger partial charge in [0.15, 0.2) is 0 Å². The van der Waals surface area contributed by atoms with Crippen molar-refractivity contribution in [2.75, 3.05) is 5.32 Å². The van der Waals surface area contributed by atoms with E-state index in [-0.39, 0.29) is 5.91 Å². The minimum absolute atomic E-state index is 0.272. The first-order valence-electron chi connectivity index (χ1n) is 8.06. The number of carbonyl (C=O) groups excluding carboxylic acids is 1. The predicted octanol–water partition coefficient (Wildman–Crippen LogP) is 4.61. The molecule has 1 aromatic heterocycles. The normalized spacial score (nSPS) is 12.0. The SMILES string of the molecule is Cc1cc(C)cc(-c2nnc(S[C@@H](C)C(=O)Nc3cccc(F)c3)o2)c1. The van der Waals surface area contributed by atoms with Crippen LogP contribution >= 0.6 is 11.8 Å². The summed E-state index contributed by atoms with van der Waals surface area (Å²) < 4.78 is 18.9. The lowest BCUT2D eigenvalue weighted by molar-refractivity contribution is -0.115. The Kier molecular flexibility index (Phi) is 5.37. The van der Waals surface area contributed by atoms with E-state index in [0.717, 1.165) is 28.5 Å². The van der Waals surface area contributed by atoms with E-state index in [0.29, 0.717) is 16.8 Å². The quantitative estimate of drug-likeness (QED) is 0.663. The Morgan fingerprint density at radius 3 is 2.58 bits per heavy atom. The maximum absolute atomic E-state index is 13.2. The van der Waals surface area contributed by atoms with Gasteiger partial charge in [0.1, 0.15) is 5.82 Å². The van der Waals surface area contributed by atoms with Gasteiger partial charge in [0.05, 0.1) is 5.25 Å². The van der Waals surface area contributed by atoms with Gasteiger partial charge in [-0.25, -0.2) is 4.39 Å². The van der Waals surface area contributed by atoms with Gasteiger partial charge in [-0.15, -0.1) is 10.2 Å². The maximum Gasteiger partial charge on any atom is 0.277 e. The predicted molar refractivity (Wildman–Crippen MR) is 99.6 cm³/mol. The molecule has 0 aliphatic rings. The molecule has 0 bridgehead atoms. The van der Waals surface area contributed by atoms with Crippen molar-refractivity contribution in [3.05, 3.63) is 59.4 Å². The third-order valence-electron chi connectivity index (χ3n) is 3.61. The highest BCUT2D eigenvalue weighted by Crippen LogP contribution is 2.27. The first-order valence-corrected chi connectivity index (χ1v) is 8.94. The highest BCUT2D eigenvalue weighted by Gasteiger charge is 2.19. The van der Waals surface area contributed by atoms with Gasteiger partial charge < -0.3 is 9.73 Å². The number of hydrogen-bond donors (Lipinski definition) is 1. The molecule has 0 unspecified atom stereocenters. The van der Waals surface area contributed by atoms with Gasteiger partial charge in [0.2, 0.25) is 11.8 Å². The molecule has 0 saturated carbocycles. The number of anilines is 1. The Balaban J connectivity index is 1.67. The molecule has 134 valence electrons. The first-order chi connectivity index (χ1) is 12.4. The van der Waals surface area contributed by atoms with Crippen LogP contribution in [0.3, 0.4) is 0 Å². The summed E-state index contributed by atoms with van der Waals surface area (Å²) in [6, 6.07) is 11.7. The lowest BCUT2D eigenvalue weighted by Crippen LogP contribution is -2.22. The Morgan fingerprint density at radius 2 is 1.88 bits per heavy atom. The van der Waals surface area contributed by atoms with Crippen LogP contribution in [-0.2, 0) is 4.79 Å². The fourth-order valence-corrected chi connectivity index (χ4v) is 3.17. The molecule has 1 atom stereocenters. The Morgan fingerprint density at radius 1 is 1.15 bits per heavy atom. The van der Waals surface area contributed by atoms with E-state index < -0.39 is 11.1 Å². The molecule has 3 aromatic rings. The van der Waals surface area contributed by atoms with E-state index >= 15 is 0 Å². The summed E-state index contributed by atoms with van der Waals surface area (Å²) in [5.41, 5.74) is 3.47. The number of aromatic nitrogens is 2. The fraction of sp³-hybridized carbons (Fsp3) is 0.211. The molecule has 1 N–H and O–H groups in total. The maximum atomic E-state index is 13.2. The second-order valence-corrected chi connectivity index (χ2v) is 7.30. The van der Waals surface area contributed by atoms with E-state index in [2.05, 4.69) is 21.6 Å². The average Bonchev–Trinajstić information content (AvgIpc) is 3.02. The molecule has 26 heavy (non-hydrogen) atoms. The zero-order chi connectivity index (χ0) is 18.7. The van der Waals surface area contributed by atoms with E-state index in [1.54, 1.807) is 13.0 Å². The number of thioether (sulfide) groups is 1. The van der Waals surface area contributed by atoms with E-state index in [9.17, 15) is 9.18 Å². The van der Waals surface area contributed by atoms with Crippen molar-refractivity contribution in [2.24, 2.45) is 0 Å². The second kappa shape index (κ2) is 7.70. The number of benzene rings is 2. The highest BCUT2D eigenvalue weighted by molar-refractivity contribution is 8.00. The van der Waals surface area contributed by atoms with Gasteiger partial charge in [-0.3, -0.25) is 4.79 Å². The summed E-state index contributed by atoms with van der Waals surface area (Å²) in [5, 5.41) is 10.6. The lowest BCUT2D eigenvalue weighted by atomic mass is 10.1. The lowest BCUT2D eigenvalue weighted by Gasteiger charge is -2.09. The van der Waals surface area contributed by atoms with E-state index in [4.69, 9.17) is 4.42 Å². The molecule has 1 amide bonds. The summed E-state index contributed by atoms with van der Waals surface area (Å²) in [4.78, 5) is 12.2. The Labute approximate surface area is 155 Å².